The molecule has 0 radical (unpaired) electrons. The highest BCUT2D eigenvalue weighted by atomic mass is 16.2. The van der Waals surface area contributed by atoms with E-state index in [0.29, 0.717) is 13.0 Å². The number of hydrogen-bond donors (Lipinski definition) is 0. The van der Waals surface area contributed by atoms with Crippen molar-refractivity contribution in [2.75, 3.05) is 0 Å². The largest absolute Gasteiger partial charge is 0.312 e. The molecule has 1 aromatic rings. The molecule has 0 saturated heterocycles. The maximum Gasteiger partial charge on any atom is 0.223 e. The fourth-order valence-electron chi connectivity index (χ4n) is 2.92. The Hall–Kier alpha value is -2.08. The molecule has 21 heavy (non-hydrogen) atoms. The van der Waals surface area contributed by atoms with Crippen molar-refractivity contribution in [2.24, 2.45) is 0 Å². The Bertz CT molecular complexity index is 554. The summed E-state index contributed by atoms with van der Waals surface area (Å²) in [4.78, 5) is 14.0. The van der Waals surface area contributed by atoms with Crippen molar-refractivity contribution in [1.82, 2.24) is 4.90 Å². The normalized spacial score (nSPS) is 14.7. The summed E-state index contributed by atoms with van der Waals surface area (Å²) in [7, 11) is 0. The lowest BCUT2D eigenvalue weighted by Gasteiger charge is -2.30. The molecule has 0 aromatic heterocycles. The van der Waals surface area contributed by atoms with E-state index in [0.717, 1.165) is 36.9 Å². The average molecular weight is 282 g/mol. The fourth-order valence-corrected chi connectivity index (χ4v) is 2.92. The van der Waals surface area contributed by atoms with Crippen molar-refractivity contribution in [2.45, 2.75) is 52.0 Å². The Morgan fingerprint density at radius 3 is 2.62 bits per heavy atom. The Morgan fingerprint density at radius 1 is 1.24 bits per heavy atom. The summed E-state index contributed by atoms with van der Waals surface area (Å²) in [5.41, 5.74) is 3.60. The maximum atomic E-state index is 12.1. The SMILES string of the molecule is CC(=O)N(Cc1ccccc1)C1=C(CCC#N)CCCC1. The van der Waals surface area contributed by atoms with Gasteiger partial charge in [0.2, 0.25) is 5.91 Å². The highest BCUT2D eigenvalue weighted by molar-refractivity contribution is 5.75. The Balaban J connectivity index is 2.24. The Labute approximate surface area is 126 Å². The van der Waals surface area contributed by atoms with Gasteiger partial charge in [0.15, 0.2) is 0 Å². The molecule has 0 heterocycles. The minimum atomic E-state index is 0.0882. The van der Waals surface area contributed by atoms with Crippen molar-refractivity contribution in [3.8, 4) is 6.07 Å². The summed E-state index contributed by atoms with van der Waals surface area (Å²) < 4.78 is 0. The van der Waals surface area contributed by atoms with E-state index in [-0.39, 0.29) is 5.91 Å². The molecule has 1 aliphatic carbocycles. The number of carbonyl (C=O) groups is 1. The van der Waals surface area contributed by atoms with Crippen molar-refractivity contribution >= 4 is 5.91 Å². The second kappa shape index (κ2) is 7.64. The molecule has 2 rings (SSSR count). The van der Waals surface area contributed by atoms with Crippen LogP contribution < -0.4 is 0 Å². The molecule has 0 unspecified atom stereocenters. The molecule has 0 spiro atoms. The number of nitrogens with zero attached hydrogens (tertiary/aromatic N) is 2. The minimum absolute atomic E-state index is 0.0882. The first kappa shape index (κ1) is 15.3. The highest BCUT2D eigenvalue weighted by Crippen LogP contribution is 2.31. The maximum absolute atomic E-state index is 12.1. The van der Waals surface area contributed by atoms with Crippen LogP contribution in [0.5, 0.6) is 0 Å². The van der Waals surface area contributed by atoms with Crippen LogP contribution in [0.2, 0.25) is 0 Å². The highest BCUT2D eigenvalue weighted by Gasteiger charge is 2.21. The average Bonchev–Trinajstić information content (AvgIpc) is 2.52. The van der Waals surface area contributed by atoms with E-state index in [1.54, 1.807) is 6.92 Å². The van der Waals surface area contributed by atoms with Crippen LogP contribution in [0.25, 0.3) is 0 Å². The van der Waals surface area contributed by atoms with Crippen molar-refractivity contribution < 1.29 is 4.79 Å². The summed E-state index contributed by atoms with van der Waals surface area (Å²) >= 11 is 0. The van der Waals surface area contributed by atoms with E-state index in [4.69, 9.17) is 5.26 Å². The Kier molecular flexibility index (Phi) is 5.57. The summed E-state index contributed by atoms with van der Waals surface area (Å²) in [6, 6.07) is 12.3. The van der Waals surface area contributed by atoms with Crippen molar-refractivity contribution in [3.05, 3.63) is 47.2 Å². The molecule has 1 aliphatic rings. The molecule has 3 nitrogen and oxygen atoms in total. The predicted molar refractivity (Wildman–Crippen MR) is 83.0 cm³/mol. The molecule has 0 fully saturated rings. The zero-order valence-corrected chi connectivity index (χ0v) is 12.6. The van der Waals surface area contributed by atoms with E-state index >= 15 is 0 Å². The fraction of sp³-hybridized carbons (Fsp3) is 0.444. The smallest absolute Gasteiger partial charge is 0.223 e. The van der Waals surface area contributed by atoms with Gasteiger partial charge in [0.05, 0.1) is 12.6 Å². The zero-order chi connectivity index (χ0) is 15.1. The second-order valence-electron chi connectivity index (χ2n) is 5.51. The summed E-state index contributed by atoms with van der Waals surface area (Å²) in [6.45, 7) is 2.26. The lowest BCUT2D eigenvalue weighted by atomic mass is 9.92. The third-order valence-electron chi connectivity index (χ3n) is 3.98. The van der Waals surface area contributed by atoms with E-state index in [1.807, 2.05) is 35.2 Å². The molecule has 1 aromatic carbocycles. The number of hydrogen-bond acceptors (Lipinski definition) is 2. The van der Waals surface area contributed by atoms with E-state index in [9.17, 15) is 4.79 Å². The van der Waals surface area contributed by atoms with Gasteiger partial charge in [0, 0.05) is 19.0 Å². The van der Waals surface area contributed by atoms with Crippen LogP contribution in [0.15, 0.2) is 41.6 Å². The van der Waals surface area contributed by atoms with E-state index in [1.165, 1.54) is 12.0 Å². The number of carbonyl (C=O) groups excluding carboxylic acids is 1. The van der Waals surface area contributed by atoms with E-state index in [2.05, 4.69) is 6.07 Å². The third kappa shape index (κ3) is 4.19. The molecular formula is C18H22N2O. The molecule has 0 aliphatic heterocycles. The molecule has 1 amide bonds. The summed E-state index contributed by atoms with van der Waals surface area (Å²) in [5, 5.41) is 8.81. The first-order valence-corrected chi connectivity index (χ1v) is 7.62. The standard InChI is InChI=1S/C18H22N2O/c1-15(21)20(14-16-8-3-2-4-9-16)18-12-6-5-10-17(18)11-7-13-19/h2-4,8-9H,5-7,10-12,14H2,1H3. The van der Waals surface area contributed by atoms with Gasteiger partial charge < -0.3 is 4.90 Å². The van der Waals surface area contributed by atoms with Gasteiger partial charge in [-0.05, 0) is 43.2 Å². The molecular weight excluding hydrogens is 260 g/mol. The number of rotatable bonds is 5. The molecule has 0 saturated carbocycles. The van der Waals surface area contributed by atoms with Crippen molar-refractivity contribution in [1.29, 1.82) is 5.26 Å². The van der Waals surface area contributed by atoms with Crippen LogP contribution in [-0.2, 0) is 11.3 Å². The van der Waals surface area contributed by atoms with Gasteiger partial charge >= 0.3 is 0 Å². The summed E-state index contributed by atoms with van der Waals surface area (Å²) in [5.74, 6) is 0.0882. The lowest BCUT2D eigenvalue weighted by molar-refractivity contribution is -0.127. The first-order valence-electron chi connectivity index (χ1n) is 7.62. The van der Waals surface area contributed by atoms with Gasteiger partial charge in [-0.2, -0.15) is 5.26 Å². The van der Waals surface area contributed by atoms with Gasteiger partial charge in [0.25, 0.3) is 0 Å². The monoisotopic (exact) mass is 282 g/mol. The van der Waals surface area contributed by atoms with E-state index < -0.39 is 0 Å². The Morgan fingerprint density at radius 2 is 1.95 bits per heavy atom. The second-order valence-corrected chi connectivity index (χ2v) is 5.51. The van der Waals surface area contributed by atoms with Gasteiger partial charge in [0.1, 0.15) is 0 Å². The number of amides is 1. The zero-order valence-electron chi connectivity index (χ0n) is 12.6. The molecule has 0 N–H and O–H groups in total. The van der Waals surface area contributed by atoms with Crippen LogP contribution in [0, 0.1) is 11.3 Å². The molecule has 110 valence electrons. The molecule has 0 bridgehead atoms. The van der Waals surface area contributed by atoms with Crippen LogP contribution in [0.4, 0.5) is 0 Å². The van der Waals surface area contributed by atoms with Crippen LogP contribution in [0.1, 0.15) is 51.0 Å². The van der Waals surface area contributed by atoms with Crippen LogP contribution in [-0.4, -0.2) is 10.8 Å². The predicted octanol–water partition coefficient (Wildman–Crippen LogP) is 4.17. The minimum Gasteiger partial charge on any atom is -0.312 e. The van der Waals surface area contributed by atoms with Gasteiger partial charge in [-0.1, -0.05) is 30.3 Å². The van der Waals surface area contributed by atoms with Gasteiger partial charge in [-0.3, -0.25) is 4.79 Å². The number of benzene rings is 1. The first-order chi connectivity index (χ1) is 10.2. The van der Waals surface area contributed by atoms with Crippen LogP contribution >= 0.6 is 0 Å². The van der Waals surface area contributed by atoms with Crippen LogP contribution in [0.3, 0.4) is 0 Å². The third-order valence-corrected chi connectivity index (χ3v) is 3.98. The topological polar surface area (TPSA) is 44.1 Å². The summed E-state index contributed by atoms with van der Waals surface area (Å²) in [6.07, 6.45) is 5.61. The van der Waals surface area contributed by atoms with Crippen molar-refractivity contribution in [3.63, 3.8) is 0 Å². The van der Waals surface area contributed by atoms with Gasteiger partial charge in [-0.25, -0.2) is 0 Å². The lowest BCUT2D eigenvalue weighted by Crippen LogP contribution is -2.29. The number of nitriles is 1. The molecule has 3 heteroatoms. The quantitative estimate of drug-likeness (QED) is 0.813. The van der Waals surface area contributed by atoms with Gasteiger partial charge in [-0.15, -0.1) is 0 Å². The number of allylic oxidation sites excluding steroid dienone is 2. The molecule has 0 atom stereocenters.